The molecule has 0 heterocycles. The highest BCUT2D eigenvalue weighted by Gasteiger charge is 2.31. The Morgan fingerprint density at radius 3 is 1.90 bits per heavy atom. The summed E-state index contributed by atoms with van der Waals surface area (Å²) in [6, 6.07) is 0. The van der Waals surface area contributed by atoms with Gasteiger partial charge in [0.25, 0.3) is 0 Å². The van der Waals surface area contributed by atoms with E-state index in [1.54, 1.807) is 0 Å². The molecule has 0 aromatic rings. The van der Waals surface area contributed by atoms with Gasteiger partial charge in [-0.15, -0.1) is 4.89 Å². The number of rotatable bonds is 14. The maximum Gasteiger partial charge on any atom is 0.704 e. The third-order valence-electron chi connectivity index (χ3n) is 3.02. The Labute approximate surface area is 122 Å². The Morgan fingerprint density at radius 1 is 1.00 bits per heavy atom. The van der Waals surface area contributed by atoms with Crippen molar-refractivity contribution in [3.8, 4) is 0 Å². The van der Waals surface area contributed by atoms with Crippen LogP contribution < -0.4 is 5.09 Å². The average molecular weight is 328 g/mol. The predicted octanol–water partition coefficient (Wildman–Crippen LogP) is 4.26. The van der Waals surface area contributed by atoms with Crippen molar-refractivity contribution in [1.82, 2.24) is 5.09 Å². The molecule has 0 aliphatic carbocycles. The van der Waals surface area contributed by atoms with Crippen LogP contribution in [0.3, 0.4) is 0 Å². The lowest BCUT2D eigenvalue weighted by atomic mass is 10.1. The highest BCUT2D eigenvalue weighted by atomic mass is 31.2. The minimum absolute atomic E-state index is 0.313. The highest BCUT2D eigenvalue weighted by Crippen LogP contribution is 2.45. The molecule has 2 atom stereocenters. The maximum absolute atomic E-state index is 11.2. The van der Waals surface area contributed by atoms with Crippen molar-refractivity contribution in [2.75, 3.05) is 6.54 Å². The van der Waals surface area contributed by atoms with Gasteiger partial charge in [-0.3, -0.25) is 0 Å². The van der Waals surface area contributed by atoms with Gasteiger partial charge in [-0.2, -0.15) is 0 Å². The molecule has 0 amide bonds. The molecule has 0 aliphatic heterocycles. The van der Waals surface area contributed by atoms with E-state index < -0.39 is 16.0 Å². The monoisotopic (exact) mass is 328 g/mol. The summed E-state index contributed by atoms with van der Waals surface area (Å²) in [5, 5.41) is 2.26. The van der Waals surface area contributed by atoms with E-state index in [0.29, 0.717) is 6.54 Å². The van der Waals surface area contributed by atoms with Gasteiger partial charge < -0.3 is 4.89 Å². The van der Waals surface area contributed by atoms with Crippen LogP contribution in [-0.4, -0.2) is 16.3 Å². The van der Waals surface area contributed by atoms with Crippen LogP contribution in [0.4, 0.5) is 0 Å². The summed E-state index contributed by atoms with van der Waals surface area (Å²) in [7, 11) is -7.16. The first-order valence-electron chi connectivity index (χ1n) is 7.41. The molecule has 0 bridgehead atoms. The Balaban J connectivity index is 3.28. The molecular formula is C12H28NO5P2+. The lowest BCUT2D eigenvalue weighted by Crippen LogP contribution is -2.12. The van der Waals surface area contributed by atoms with E-state index in [0.717, 1.165) is 19.3 Å². The summed E-state index contributed by atoms with van der Waals surface area (Å²) in [6.45, 7) is 2.52. The topological polar surface area (TPSA) is 95.9 Å². The highest BCUT2D eigenvalue weighted by molar-refractivity contribution is 7.58. The van der Waals surface area contributed by atoms with Crippen LogP contribution in [0.15, 0.2) is 0 Å². The molecule has 0 rings (SSSR count). The van der Waals surface area contributed by atoms with Gasteiger partial charge in [-0.1, -0.05) is 64.7 Å². The smallest absolute Gasteiger partial charge is 0.310 e. The van der Waals surface area contributed by atoms with Gasteiger partial charge in [-0.25, -0.2) is 9.65 Å². The lowest BCUT2D eigenvalue weighted by molar-refractivity contribution is 0.338. The second kappa shape index (κ2) is 12.9. The minimum atomic E-state index is -4.11. The molecule has 0 saturated heterocycles. The molecule has 20 heavy (non-hydrogen) atoms. The van der Waals surface area contributed by atoms with E-state index in [-0.39, 0.29) is 0 Å². The summed E-state index contributed by atoms with van der Waals surface area (Å²) in [5.41, 5.74) is 0. The SMILES string of the molecule is CCCCCCCCCCCCNP(=O)(O)O[P+](=O)O. The van der Waals surface area contributed by atoms with E-state index in [1.807, 2.05) is 0 Å². The van der Waals surface area contributed by atoms with Gasteiger partial charge in [0.15, 0.2) is 0 Å². The summed E-state index contributed by atoms with van der Waals surface area (Å²) in [4.78, 5) is 17.5. The second-order valence-corrected chi connectivity index (χ2v) is 7.42. The molecule has 3 N–H and O–H groups in total. The first kappa shape index (κ1) is 20.2. The predicted molar refractivity (Wildman–Crippen MR) is 80.6 cm³/mol. The van der Waals surface area contributed by atoms with E-state index >= 15 is 0 Å². The van der Waals surface area contributed by atoms with E-state index in [9.17, 15) is 9.13 Å². The Bertz CT molecular complexity index is 302. The molecule has 0 spiro atoms. The zero-order valence-corrected chi connectivity index (χ0v) is 14.1. The molecule has 2 unspecified atom stereocenters. The molecule has 0 fully saturated rings. The van der Waals surface area contributed by atoms with Crippen LogP contribution in [0.25, 0.3) is 0 Å². The van der Waals surface area contributed by atoms with Crippen molar-refractivity contribution in [3.05, 3.63) is 0 Å². The molecular weight excluding hydrogens is 300 g/mol. The molecule has 0 aliphatic rings. The number of unbranched alkanes of at least 4 members (excludes halogenated alkanes) is 9. The molecule has 120 valence electrons. The van der Waals surface area contributed by atoms with Gasteiger partial charge in [0.05, 0.1) is 0 Å². The van der Waals surface area contributed by atoms with Crippen LogP contribution >= 0.6 is 16.0 Å². The molecule has 0 aromatic carbocycles. The van der Waals surface area contributed by atoms with Crippen LogP contribution in [0, 0.1) is 0 Å². The summed E-state index contributed by atoms with van der Waals surface area (Å²) in [5.74, 6) is 0. The fourth-order valence-electron chi connectivity index (χ4n) is 1.96. The number of nitrogens with one attached hydrogen (secondary N) is 1. The first-order chi connectivity index (χ1) is 9.48. The first-order valence-corrected chi connectivity index (χ1v) is 10.1. The standard InChI is InChI=1S/C12H27NO5P2/c1-2-3-4-5-6-7-8-9-10-11-12-13-20(16,17)18-19(14)15/h2-12H2,1H3,(H2-,13,14,15,16,17)/p+1. The van der Waals surface area contributed by atoms with Crippen LogP contribution in [0.1, 0.15) is 71.1 Å². The molecule has 0 saturated carbocycles. The van der Waals surface area contributed by atoms with Gasteiger partial charge in [0.2, 0.25) is 0 Å². The second-order valence-electron chi connectivity index (χ2n) is 4.93. The van der Waals surface area contributed by atoms with Gasteiger partial charge in [-0.05, 0) is 10.7 Å². The molecule has 0 radical (unpaired) electrons. The zero-order chi connectivity index (χ0) is 15.3. The average Bonchev–Trinajstić information content (AvgIpc) is 2.34. The van der Waals surface area contributed by atoms with Crippen molar-refractivity contribution in [2.24, 2.45) is 0 Å². The fraction of sp³-hybridized carbons (Fsp3) is 1.00. The van der Waals surface area contributed by atoms with E-state index in [4.69, 9.17) is 9.79 Å². The van der Waals surface area contributed by atoms with Crippen LogP contribution in [0.2, 0.25) is 0 Å². The van der Waals surface area contributed by atoms with Crippen molar-refractivity contribution >= 4 is 16.0 Å². The Hall–Kier alpha value is 0.170. The zero-order valence-electron chi connectivity index (χ0n) is 12.3. The largest absolute Gasteiger partial charge is 0.704 e. The molecule has 0 aromatic heterocycles. The van der Waals surface area contributed by atoms with E-state index in [1.165, 1.54) is 44.9 Å². The van der Waals surface area contributed by atoms with Crippen molar-refractivity contribution in [1.29, 1.82) is 0 Å². The van der Waals surface area contributed by atoms with Crippen molar-refractivity contribution < 1.29 is 23.2 Å². The lowest BCUT2D eigenvalue weighted by Gasteiger charge is -2.06. The van der Waals surface area contributed by atoms with E-state index in [2.05, 4.69) is 16.3 Å². The Morgan fingerprint density at radius 2 is 1.45 bits per heavy atom. The van der Waals surface area contributed by atoms with Crippen LogP contribution in [-0.2, 0) is 13.4 Å². The maximum atomic E-state index is 11.2. The number of hydrogen-bond donors (Lipinski definition) is 3. The summed E-state index contributed by atoms with van der Waals surface area (Å²) in [6.07, 6.45) is 11.8. The minimum Gasteiger partial charge on any atom is -0.310 e. The Kier molecular flexibility index (Phi) is 13.0. The summed E-state index contributed by atoms with van der Waals surface area (Å²) >= 11 is 0. The van der Waals surface area contributed by atoms with Crippen LogP contribution in [0.5, 0.6) is 0 Å². The van der Waals surface area contributed by atoms with Gasteiger partial charge in [0.1, 0.15) is 0 Å². The molecule has 8 heteroatoms. The van der Waals surface area contributed by atoms with Crippen molar-refractivity contribution in [2.45, 2.75) is 71.1 Å². The van der Waals surface area contributed by atoms with Gasteiger partial charge in [0, 0.05) is 11.1 Å². The summed E-state index contributed by atoms with van der Waals surface area (Å²) < 4.78 is 25.4. The fourth-order valence-corrected chi connectivity index (χ4v) is 3.39. The van der Waals surface area contributed by atoms with Gasteiger partial charge >= 0.3 is 16.0 Å². The number of hydrogen-bond acceptors (Lipinski definition) is 3. The normalized spacial score (nSPS) is 15.1. The molecule has 6 nitrogen and oxygen atoms in total. The van der Waals surface area contributed by atoms with Crippen molar-refractivity contribution in [3.63, 3.8) is 0 Å². The third kappa shape index (κ3) is 14.6. The third-order valence-corrected chi connectivity index (χ3v) is 5.09. The quantitative estimate of drug-likeness (QED) is 0.326.